The summed E-state index contributed by atoms with van der Waals surface area (Å²) < 4.78 is 0. The van der Waals surface area contributed by atoms with Gasteiger partial charge in [0.05, 0.1) is 5.69 Å². The molecule has 4 nitrogen and oxygen atoms in total. The summed E-state index contributed by atoms with van der Waals surface area (Å²) in [5.74, 6) is -0.0959. The third-order valence-corrected chi connectivity index (χ3v) is 3.93. The summed E-state index contributed by atoms with van der Waals surface area (Å²) in [5, 5.41) is 5.32. The first kappa shape index (κ1) is 18.6. The van der Waals surface area contributed by atoms with Crippen LogP contribution in [0.3, 0.4) is 0 Å². The Morgan fingerprint density at radius 1 is 1.27 bits per heavy atom. The number of amides is 1. The average molecular weight is 340 g/mol. The second-order valence-corrected chi connectivity index (χ2v) is 6.81. The van der Waals surface area contributed by atoms with Crippen LogP contribution in [0.15, 0.2) is 29.6 Å². The molecule has 3 N–H and O–H groups in total. The van der Waals surface area contributed by atoms with Gasteiger partial charge < -0.3 is 11.1 Å². The van der Waals surface area contributed by atoms with E-state index in [0.29, 0.717) is 18.1 Å². The maximum absolute atomic E-state index is 11.5. The number of hydrogen-bond acceptors (Lipinski definition) is 4. The average Bonchev–Trinajstić information content (AvgIpc) is 2.86. The smallest absolute Gasteiger partial charge is 0.227 e. The fourth-order valence-corrected chi connectivity index (χ4v) is 2.65. The molecule has 0 spiro atoms. The summed E-state index contributed by atoms with van der Waals surface area (Å²) in [4.78, 5) is 15.9. The number of nitrogens with zero attached hydrogens (tertiary/aromatic N) is 1. The fourth-order valence-electron chi connectivity index (χ4n) is 1.92. The molecule has 1 amide bonds. The van der Waals surface area contributed by atoms with Gasteiger partial charge in [0.15, 0.2) is 5.13 Å². The lowest BCUT2D eigenvalue weighted by Crippen LogP contribution is -2.15. The first-order valence-electron chi connectivity index (χ1n) is 6.96. The summed E-state index contributed by atoms with van der Waals surface area (Å²) in [7, 11) is 0. The monoisotopic (exact) mass is 339 g/mol. The van der Waals surface area contributed by atoms with Crippen LogP contribution in [0.5, 0.6) is 0 Å². The van der Waals surface area contributed by atoms with Crippen LogP contribution in [0.2, 0.25) is 0 Å². The molecule has 0 radical (unpaired) electrons. The lowest BCUT2D eigenvalue weighted by molar-refractivity contribution is -0.116. The van der Waals surface area contributed by atoms with E-state index in [4.69, 9.17) is 5.73 Å². The zero-order valence-corrected chi connectivity index (χ0v) is 14.7. The number of halogens is 1. The van der Waals surface area contributed by atoms with Crippen LogP contribution in [0.25, 0.3) is 11.3 Å². The van der Waals surface area contributed by atoms with Gasteiger partial charge >= 0.3 is 0 Å². The van der Waals surface area contributed by atoms with Crippen molar-refractivity contribution < 1.29 is 4.79 Å². The molecule has 0 unspecified atom stereocenters. The Morgan fingerprint density at radius 3 is 2.45 bits per heavy atom. The molecule has 0 fully saturated rings. The molecule has 0 bridgehead atoms. The maximum Gasteiger partial charge on any atom is 0.227 e. The molecule has 1 aromatic carbocycles. The molecule has 2 rings (SSSR count). The van der Waals surface area contributed by atoms with Crippen molar-refractivity contribution in [3.8, 4) is 11.3 Å². The Balaban J connectivity index is 0.00000242. The van der Waals surface area contributed by atoms with E-state index in [1.165, 1.54) is 16.9 Å². The van der Waals surface area contributed by atoms with Gasteiger partial charge in [-0.1, -0.05) is 45.0 Å². The van der Waals surface area contributed by atoms with Gasteiger partial charge in [0.1, 0.15) is 0 Å². The molecule has 0 saturated heterocycles. The summed E-state index contributed by atoms with van der Waals surface area (Å²) in [5.41, 5.74) is 8.71. The van der Waals surface area contributed by atoms with E-state index in [2.05, 4.69) is 55.3 Å². The molecule has 1 aromatic heterocycles. The van der Waals surface area contributed by atoms with Gasteiger partial charge in [-0.15, -0.1) is 23.7 Å². The topological polar surface area (TPSA) is 68.0 Å². The molecular weight excluding hydrogens is 318 g/mol. The van der Waals surface area contributed by atoms with Crippen LogP contribution < -0.4 is 11.1 Å². The Morgan fingerprint density at radius 2 is 1.91 bits per heavy atom. The van der Waals surface area contributed by atoms with Crippen molar-refractivity contribution >= 4 is 34.8 Å². The van der Waals surface area contributed by atoms with Crippen molar-refractivity contribution in [3.05, 3.63) is 35.2 Å². The van der Waals surface area contributed by atoms with E-state index in [-0.39, 0.29) is 23.7 Å². The first-order chi connectivity index (χ1) is 9.90. The van der Waals surface area contributed by atoms with Crippen molar-refractivity contribution in [2.45, 2.75) is 32.6 Å². The maximum atomic E-state index is 11.5. The number of carbonyl (C=O) groups excluding carboxylic acids is 1. The van der Waals surface area contributed by atoms with Gasteiger partial charge in [0.2, 0.25) is 5.91 Å². The zero-order chi connectivity index (χ0) is 15.5. The summed E-state index contributed by atoms with van der Waals surface area (Å²) in [6.07, 6.45) is 0.315. The highest BCUT2D eigenvalue weighted by Crippen LogP contribution is 2.28. The number of carbonyl (C=O) groups is 1. The van der Waals surface area contributed by atoms with Crippen molar-refractivity contribution in [1.29, 1.82) is 0 Å². The molecule has 1 heterocycles. The quantitative estimate of drug-likeness (QED) is 0.889. The minimum Gasteiger partial charge on any atom is -0.330 e. The predicted octanol–water partition coefficient (Wildman–Crippen LogP) is 3.82. The Hall–Kier alpha value is -1.43. The Kier molecular flexibility index (Phi) is 6.53. The third-order valence-electron chi connectivity index (χ3n) is 3.17. The van der Waals surface area contributed by atoms with Gasteiger partial charge in [-0.2, -0.15) is 0 Å². The van der Waals surface area contributed by atoms with Crippen LogP contribution >= 0.6 is 23.7 Å². The number of anilines is 1. The molecule has 120 valence electrons. The van der Waals surface area contributed by atoms with Crippen LogP contribution in [-0.4, -0.2) is 17.4 Å². The van der Waals surface area contributed by atoms with E-state index in [0.717, 1.165) is 11.3 Å². The van der Waals surface area contributed by atoms with Gasteiger partial charge in [-0.05, 0) is 11.0 Å². The van der Waals surface area contributed by atoms with Crippen molar-refractivity contribution in [2.75, 3.05) is 11.9 Å². The number of thiazole rings is 1. The van der Waals surface area contributed by atoms with E-state index in [1.807, 2.05) is 5.38 Å². The molecule has 6 heteroatoms. The summed E-state index contributed by atoms with van der Waals surface area (Å²) >= 11 is 1.42. The predicted molar refractivity (Wildman–Crippen MR) is 95.8 cm³/mol. The lowest BCUT2D eigenvalue weighted by atomic mass is 9.86. The summed E-state index contributed by atoms with van der Waals surface area (Å²) in [6, 6.07) is 8.39. The molecule has 22 heavy (non-hydrogen) atoms. The number of rotatable bonds is 4. The van der Waals surface area contributed by atoms with Crippen LogP contribution in [-0.2, 0) is 10.2 Å². The first-order valence-corrected chi connectivity index (χ1v) is 7.84. The van der Waals surface area contributed by atoms with E-state index < -0.39 is 0 Å². The second-order valence-electron chi connectivity index (χ2n) is 5.95. The normalized spacial score (nSPS) is 10.9. The van der Waals surface area contributed by atoms with E-state index in [1.54, 1.807) is 0 Å². The van der Waals surface area contributed by atoms with Crippen molar-refractivity contribution in [3.63, 3.8) is 0 Å². The van der Waals surface area contributed by atoms with Crippen LogP contribution in [0.4, 0.5) is 5.13 Å². The van der Waals surface area contributed by atoms with Crippen LogP contribution in [0, 0.1) is 0 Å². The molecule has 2 aromatic rings. The number of nitrogens with one attached hydrogen (secondary N) is 1. The number of hydrogen-bond donors (Lipinski definition) is 2. The number of benzene rings is 1. The van der Waals surface area contributed by atoms with Gasteiger partial charge in [-0.25, -0.2) is 4.98 Å². The highest BCUT2D eigenvalue weighted by molar-refractivity contribution is 7.14. The Labute approximate surface area is 141 Å². The highest BCUT2D eigenvalue weighted by atomic mass is 35.5. The third kappa shape index (κ3) is 4.80. The van der Waals surface area contributed by atoms with Gasteiger partial charge in [-0.3, -0.25) is 4.79 Å². The number of nitrogens with two attached hydrogens (primary N) is 1. The minimum absolute atomic E-state index is 0. The molecule has 0 atom stereocenters. The highest BCUT2D eigenvalue weighted by Gasteiger charge is 2.14. The molecule has 0 aliphatic heterocycles. The minimum atomic E-state index is -0.0959. The zero-order valence-electron chi connectivity index (χ0n) is 13.1. The lowest BCUT2D eigenvalue weighted by Gasteiger charge is -2.18. The molecular formula is C16H22ClN3OS. The molecule has 0 aliphatic carbocycles. The molecule has 0 aliphatic rings. The van der Waals surface area contributed by atoms with Crippen LogP contribution in [0.1, 0.15) is 32.8 Å². The standard InChI is InChI=1S/C16H21N3OS.ClH/c1-16(2,3)12-6-4-11(5-7-12)13-10-21-15(18-13)19-14(20)8-9-17;/h4-7,10H,8-9,17H2,1-3H3,(H,18,19,20);1H. The van der Waals surface area contributed by atoms with Gasteiger partial charge in [0, 0.05) is 23.9 Å². The fraction of sp³-hybridized carbons (Fsp3) is 0.375. The Bertz CT molecular complexity index is 617. The number of aromatic nitrogens is 1. The van der Waals surface area contributed by atoms with Crippen molar-refractivity contribution in [1.82, 2.24) is 4.98 Å². The van der Waals surface area contributed by atoms with Gasteiger partial charge in [0.25, 0.3) is 0 Å². The van der Waals surface area contributed by atoms with E-state index in [9.17, 15) is 4.79 Å². The second kappa shape index (κ2) is 7.72. The SMILES string of the molecule is CC(C)(C)c1ccc(-c2csc(NC(=O)CCN)n2)cc1.Cl. The van der Waals surface area contributed by atoms with Crippen molar-refractivity contribution in [2.24, 2.45) is 5.73 Å². The summed E-state index contributed by atoms with van der Waals surface area (Å²) in [6.45, 7) is 6.92. The van der Waals surface area contributed by atoms with E-state index >= 15 is 0 Å². The molecule has 0 saturated carbocycles. The largest absolute Gasteiger partial charge is 0.330 e.